The Morgan fingerprint density at radius 3 is 2.42 bits per heavy atom. The van der Waals surface area contributed by atoms with Gasteiger partial charge < -0.3 is 19.4 Å². The molecule has 1 aromatic heterocycles. The molecule has 0 radical (unpaired) electrons. The Kier molecular flexibility index (Phi) is 7.97. The van der Waals surface area contributed by atoms with E-state index in [2.05, 4.69) is 28.2 Å². The first-order chi connectivity index (χ1) is 17.5. The van der Waals surface area contributed by atoms with Crippen LogP contribution in [-0.4, -0.2) is 42.8 Å². The van der Waals surface area contributed by atoms with Gasteiger partial charge in [-0.15, -0.1) is 0 Å². The molecule has 0 aliphatic heterocycles. The molecule has 186 valence electrons. The van der Waals surface area contributed by atoms with Gasteiger partial charge in [-0.05, 0) is 34.9 Å². The first-order valence-corrected chi connectivity index (χ1v) is 11.7. The number of non-ortho nitro benzene ring substituents is 1. The van der Waals surface area contributed by atoms with Crippen LogP contribution in [0.5, 0.6) is 5.75 Å². The summed E-state index contributed by atoms with van der Waals surface area (Å²) in [6, 6.07) is 22.5. The van der Waals surface area contributed by atoms with Crippen LogP contribution in [-0.2, 0) is 16.1 Å². The lowest BCUT2D eigenvalue weighted by molar-refractivity contribution is -0.384. The highest BCUT2D eigenvalue weighted by molar-refractivity contribution is 5.86. The highest BCUT2D eigenvalue weighted by Gasteiger charge is 2.23. The average molecular weight is 488 g/mol. The van der Waals surface area contributed by atoms with E-state index in [4.69, 9.17) is 9.47 Å². The van der Waals surface area contributed by atoms with Gasteiger partial charge in [-0.25, -0.2) is 0 Å². The van der Waals surface area contributed by atoms with Crippen molar-refractivity contribution in [3.05, 3.63) is 106 Å². The van der Waals surface area contributed by atoms with Crippen LogP contribution < -0.4 is 10.1 Å². The third-order valence-corrected chi connectivity index (χ3v) is 6.23. The second-order valence-electron chi connectivity index (χ2n) is 8.53. The van der Waals surface area contributed by atoms with Crippen molar-refractivity contribution >= 4 is 22.5 Å². The van der Waals surface area contributed by atoms with Crippen LogP contribution in [0.3, 0.4) is 0 Å². The van der Waals surface area contributed by atoms with Gasteiger partial charge in [-0.3, -0.25) is 14.9 Å². The summed E-state index contributed by atoms with van der Waals surface area (Å²) in [5, 5.41) is 15.1. The van der Waals surface area contributed by atoms with Gasteiger partial charge in [0.15, 0.2) is 0 Å². The summed E-state index contributed by atoms with van der Waals surface area (Å²) >= 11 is 0. The van der Waals surface area contributed by atoms with Crippen LogP contribution >= 0.6 is 0 Å². The van der Waals surface area contributed by atoms with Gasteiger partial charge >= 0.3 is 0 Å². The zero-order chi connectivity index (χ0) is 25.5. The number of carbonyl (C=O) groups is 1. The second-order valence-corrected chi connectivity index (χ2v) is 8.53. The molecule has 4 rings (SSSR count). The minimum absolute atomic E-state index is 0.0176. The number of hydrogen-bond acceptors (Lipinski definition) is 5. The van der Waals surface area contributed by atoms with Crippen molar-refractivity contribution in [2.75, 3.05) is 27.4 Å². The Morgan fingerprint density at radius 1 is 1.03 bits per heavy atom. The third kappa shape index (κ3) is 5.72. The number of ether oxygens (including phenoxy) is 2. The lowest BCUT2D eigenvalue weighted by Gasteiger charge is -2.17. The van der Waals surface area contributed by atoms with E-state index in [1.807, 2.05) is 36.4 Å². The number of benzene rings is 3. The van der Waals surface area contributed by atoms with Crippen LogP contribution in [0.15, 0.2) is 79.0 Å². The molecular weight excluding hydrogens is 458 g/mol. The van der Waals surface area contributed by atoms with Gasteiger partial charge in [-0.2, -0.15) is 0 Å². The van der Waals surface area contributed by atoms with Crippen LogP contribution in [0.25, 0.3) is 10.9 Å². The first-order valence-electron chi connectivity index (χ1n) is 11.7. The second kappa shape index (κ2) is 11.5. The molecule has 8 heteroatoms. The lowest BCUT2D eigenvalue weighted by atomic mass is 9.88. The summed E-state index contributed by atoms with van der Waals surface area (Å²) in [7, 11) is 3.23. The number of fused-ring (bicyclic) bond motifs is 1. The normalized spacial score (nSPS) is 11.8. The van der Waals surface area contributed by atoms with E-state index in [0.717, 1.165) is 33.3 Å². The predicted molar refractivity (Wildman–Crippen MR) is 138 cm³/mol. The number of nitrogens with zero attached hydrogens (tertiary/aromatic N) is 2. The fourth-order valence-electron chi connectivity index (χ4n) is 4.40. The van der Waals surface area contributed by atoms with Crippen molar-refractivity contribution < 1.29 is 19.2 Å². The summed E-state index contributed by atoms with van der Waals surface area (Å²) in [6.07, 6.45) is 2.29. The number of nitrogens with one attached hydrogen (secondary N) is 1. The highest BCUT2D eigenvalue weighted by Crippen LogP contribution is 2.36. The van der Waals surface area contributed by atoms with Crippen LogP contribution in [0.2, 0.25) is 0 Å². The molecule has 1 atom stereocenters. The van der Waals surface area contributed by atoms with E-state index >= 15 is 0 Å². The molecule has 0 aliphatic carbocycles. The van der Waals surface area contributed by atoms with Crippen molar-refractivity contribution in [2.24, 2.45) is 0 Å². The zero-order valence-electron chi connectivity index (χ0n) is 20.3. The zero-order valence-corrected chi connectivity index (χ0v) is 20.3. The quantitative estimate of drug-likeness (QED) is 0.185. The lowest BCUT2D eigenvalue weighted by Crippen LogP contribution is -2.28. The van der Waals surface area contributed by atoms with Crippen molar-refractivity contribution in [3.8, 4) is 5.75 Å². The van der Waals surface area contributed by atoms with E-state index in [0.29, 0.717) is 19.7 Å². The SMILES string of the molecule is COCCNC(=O)CC(c1ccc([N+](=O)[O-])cc1)c1cn(Cc2ccc(OC)cc2)c2ccccc12. The molecule has 1 N–H and O–H groups in total. The standard InChI is InChI=1S/C28H29N3O5/c1-35-16-15-29-28(32)17-25(21-9-11-22(12-10-21)31(33)34)26-19-30(27-6-4-3-5-24(26)27)18-20-7-13-23(36-2)14-8-20/h3-14,19,25H,15-18H2,1-2H3,(H,29,32). The molecule has 0 bridgehead atoms. The number of rotatable bonds is 11. The summed E-state index contributed by atoms with van der Waals surface area (Å²) in [4.78, 5) is 23.6. The van der Waals surface area contributed by atoms with Crippen LogP contribution in [0, 0.1) is 10.1 Å². The Balaban J connectivity index is 1.73. The number of nitro groups is 1. The molecule has 36 heavy (non-hydrogen) atoms. The molecular formula is C28H29N3O5. The molecule has 1 heterocycles. The maximum Gasteiger partial charge on any atom is 0.269 e. The van der Waals surface area contributed by atoms with Gasteiger partial charge in [-0.1, -0.05) is 42.5 Å². The number of aromatic nitrogens is 1. The predicted octanol–water partition coefficient (Wildman–Crippen LogP) is 4.89. The third-order valence-electron chi connectivity index (χ3n) is 6.23. The Bertz CT molecular complexity index is 1330. The fourth-order valence-corrected chi connectivity index (χ4v) is 4.40. The molecule has 0 fully saturated rings. The first kappa shape index (κ1) is 24.9. The van der Waals surface area contributed by atoms with Crippen molar-refractivity contribution in [1.82, 2.24) is 9.88 Å². The minimum Gasteiger partial charge on any atom is -0.497 e. The summed E-state index contributed by atoms with van der Waals surface area (Å²) in [5.41, 5.74) is 4.02. The highest BCUT2D eigenvalue weighted by atomic mass is 16.6. The van der Waals surface area contributed by atoms with E-state index < -0.39 is 4.92 Å². The molecule has 1 amide bonds. The largest absolute Gasteiger partial charge is 0.497 e. The topological polar surface area (TPSA) is 95.6 Å². The smallest absolute Gasteiger partial charge is 0.269 e. The van der Waals surface area contributed by atoms with Crippen LogP contribution in [0.1, 0.15) is 29.0 Å². The number of amides is 1. The van der Waals surface area contributed by atoms with Crippen molar-refractivity contribution in [1.29, 1.82) is 0 Å². The van der Waals surface area contributed by atoms with E-state index in [1.165, 1.54) is 12.1 Å². The maximum atomic E-state index is 12.9. The van der Waals surface area contributed by atoms with Gasteiger partial charge in [0.05, 0.1) is 18.6 Å². The monoisotopic (exact) mass is 487 g/mol. The van der Waals surface area contributed by atoms with Gasteiger partial charge in [0.2, 0.25) is 5.91 Å². The van der Waals surface area contributed by atoms with E-state index in [9.17, 15) is 14.9 Å². The van der Waals surface area contributed by atoms with Gasteiger partial charge in [0.25, 0.3) is 5.69 Å². The Morgan fingerprint density at radius 2 is 1.75 bits per heavy atom. The summed E-state index contributed by atoms with van der Waals surface area (Å²) in [5.74, 6) is 0.410. The number of methoxy groups -OCH3 is 2. The van der Waals surface area contributed by atoms with Crippen molar-refractivity contribution in [3.63, 3.8) is 0 Å². The maximum absolute atomic E-state index is 12.9. The number of carbonyl (C=O) groups excluding carboxylic acids is 1. The average Bonchev–Trinajstić information content (AvgIpc) is 3.26. The minimum atomic E-state index is -0.420. The fraction of sp³-hybridized carbons (Fsp3) is 0.250. The number of nitro benzene ring substituents is 1. The summed E-state index contributed by atoms with van der Waals surface area (Å²) in [6.45, 7) is 1.49. The van der Waals surface area contributed by atoms with E-state index in [1.54, 1.807) is 26.4 Å². The van der Waals surface area contributed by atoms with Gasteiger partial charge in [0, 0.05) is 61.8 Å². The molecule has 0 saturated heterocycles. The molecule has 1 unspecified atom stereocenters. The van der Waals surface area contributed by atoms with Crippen molar-refractivity contribution in [2.45, 2.75) is 18.9 Å². The number of para-hydroxylation sites is 1. The van der Waals surface area contributed by atoms with Crippen LogP contribution in [0.4, 0.5) is 5.69 Å². The molecule has 0 spiro atoms. The molecule has 3 aromatic carbocycles. The van der Waals surface area contributed by atoms with E-state index in [-0.39, 0.29) is 23.9 Å². The Labute approximate surface area is 209 Å². The Hall–Kier alpha value is -4.17. The summed E-state index contributed by atoms with van der Waals surface area (Å²) < 4.78 is 12.5. The molecule has 0 saturated carbocycles. The number of hydrogen-bond donors (Lipinski definition) is 1. The molecule has 4 aromatic rings. The molecule has 0 aliphatic rings. The van der Waals surface area contributed by atoms with Gasteiger partial charge in [0.1, 0.15) is 5.75 Å². The molecule has 8 nitrogen and oxygen atoms in total.